The van der Waals surface area contributed by atoms with Crippen LogP contribution in [-0.4, -0.2) is 27.1 Å². The maximum atomic E-state index is 9.03. The smallest absolute Gasteiger partial charge is 0.152 e. The van der Waals surface area contributed by atoms with E-state index in [1.807, 2.05) is 54.8 Å². The van der Waals surface area contributed by atoms with Crippen molar-refractivity contribution in [1.82, 2.24) is 9.97 Å². The predicted octanol–water partition coefficient (Wildman–Crippen LogP) is 5.51. The first-order chi connectivity index (χ1) is 12.7. The Balaban J connectivity index is 1.90. The van der Waals surface area contributed by atoms with Crippen molar-refractivity contribution in [3.05, 3.63) is 54.1 Å². The van der Waals surface area contributed by atoms with Crippen LogP contribution in [0.3, 0.4) is 0 Å². The van der Waals surface area contributed by atoms with Crippen molar-refractivity contribution in [3.8, 4) is 0 Å². The Morgan fingerprint density at radius 3 is 2.81 bits per heavy atom. The molecular weight excluding hydrogens is 364 g/mol. The summed E-state index contributed by atoms with van der Waals surface area (Å²) in [6.45, 7) is 1.77. The highest BCUT2D eigenvalue weighted by Gasteiger charge is 2.14. The molecule has 0 saturated carbocycles. The van der Waals surface area contributed by atoms with Crippen molar-refractivity contribution < 1.29 is 5.21 Å². The molecule has 26 heavy (non-hydrogen) atoms. The summed E-state index contributed by atoms with van der Waals surface area (Å²) in [6.07, 6.45) is 2.02. The normalized spacial score (nSPS) is 12.0. The van der Waals surface area contributed by atoms with Crippen LogP contribution in [0.1, 0.15) is 12.5 Å². The minimum atomic E-state index is 0.566. The van der Waals surface area contributed by atoms with Crippen LogP contribution in [-0.2, 0) is 0 Å². The van der Waals surface area contributed by atoms with Crippen molar-refractivity contribution in [3.63, 3.8) is 0 Å². The number of nitrogens with zero attached hydrogens (tertiary/aromatic N) is 3. The molecule has 0 aliphatic rings. The number of hydrogen-bond donors (Lipinski definition) is 2. The number of nitrogens with one attached hydrogen (secondary N) is 1. The molecule has 0 saturated heterocycles. The molecule has 0 radical (unpaired) electrons. The second kappa shape index (κ2) is 6.93. The summed E-state index contributed by atoms with van der Waals surface area (Å²) in [5.41, 5.74) is 5.07. The van der Waals surface area contributed by atoms with Crippen LogP contribution in [0.4, 0.5) is 11.4 Å². The molecule has 2 aromatic carbocycles. The zero-order chi connectivity index (χ0) is 18.1. The third kappa shape index (κ3) is 3.00. The lowest BCUT2D eigenvalue weighted by Gasteiger charge is -2.11. The van der Waals surface area contributed by atoms with Crippen LogP contribution in [0.15, 0.2) is 58.0 Å². The SMILES string of the molecule is CSc1nc2c(Nc3cccc(/C(C)=N\O)c3)c3ccccc3nc2s1. The zero-order valence-corrected chi connectivity index (χ0v) is 15.9. The van der Waals surface area contributed by atoms with Gasteiger partial charge >= 0.3 is 0 Å². The van der Waals surface area contributed by atoms with Gasteiger partial charge in [-0.3, -0.25) is 0 Å². The van der Waals surface area contributed by atoms with Crippen LogP contribution in [0.25, 0.3) is 21.3 Å². The van der Waals surface area contributed by atoms with Crippen molar-refractivity contribution in [2.45, 2.75) is 11.3 Å². The van der Waals surface area contributed by atoms with Gasteiger partial charge in [0.2, 0.25) is 0 Å². The number of anilines is 2. The number of aromatic nitrogens is 2. The number of oxime groups is 1. The van der Waals surface area contributed by atoms with E-state index in [0.29, 0.717) is 5.71 Å². The van der Waals surface area contributed by atoms with E-state index in [-0.39, 0.29) is 0 Å². The van der Waals surface area contributed by atoms with E-state index in [4.69, 9.17) is 15.2 Å². The molecular formula is C19H16N4OS2. The Kier molecular flexibility index (Phi) is 4.48. The topological polar surface area (TPSA) is 70.4 Å². The number of fused-ring (bicyclic) bond motifs is 2. The number of rotatable bonds is 4. The molecule has 2 heterocycles. The van der Waals surface area contributed by atoms with E-state index in [1.165, 1.54) is 0 Å². The zero-order valence-electron chi connectivity index (χ0n) is 14.2. The van der Waals surface area contributed by atoms with Gasteiger partial charge in [0.1, 0.15) is 10.3 Å². The summed E-state index contributed by atoms with van der Waals surface area (Å²) in [5, 5.41) is 16.8. The molecule has 0 unspecified atom stereocenters. The lowest BCUT2D eigenvalue weighted by atomic mass is 10.1. The van der Waals surface area contributed by atoms with Crippen LogP contribution in [0.2, 0.25) is 0 Å². The Labute approximate surface area is 158 Å². The average molecular weight is 380 g/mol. The minimum absolute atomic E-state index is 0.566. The fourth-order valence-electron chi connectivity index (χ4n) is 2.79. The first kappa shape index (κ1) is 16.8. The monoisotopic (exact) mass is 380 g/mol. The van der Waals surface area contributed by atoms with Crippen LogP contribution >= 0.6 is 23.1 Å². The van der Waals surface area contributed by atoms with E-state index in [0.717, 1.165) is 42.5 Å². The predicted molar refractivity (Wildman–Crippen MR) is 110 cm³/mol. The second-order valence-corrected chi connectivity index (χ2v) is 7.76. The molecule has 0 atom stereocenters. The van der Waals surface area contributed by atoms with Gasteiger partial charge in [-0.1, -0.05) is 58.6 Å². The summed E-state index contributed by atoms with van der Waals surface area (Å²) in [4.78, 5) is 10.4. The van der Waals surface area contributed by atoms with E-state index < -0.39 is 0 Å². The third-order valence-electron chi connectivity index (χ3n) is 4.10. The summed E-state index contributed by atoms with van der Waals surface area (Å²) in [6, 6.07) is 15.8. The molecule has 4 aromatic rings. The Bertz CT molecular complexity index is 1140. The molecule has 7 heteroatoms. The molecule has 130 valence electrons. The molecule has 2 aromatic heterocycles. The van der Waals surface area contributed by atoms with E-state index in [9.17, 15) is 0 Å². The Hall–Kier alpha value is -2.64. The molecule has 5 nitrogen and oxygen atoms in total. The van der Waals surface area contributed by atoms with Gasteiger partial charge in [0.15, 0.2) is 4.34 Å². The third-order valence-corrected chi connectivity index (χ3v) is 6.03. The number of pyridine rings is 1. The molecule has 2 N–H and O–H groups in total. The van der Waals surface area contributed by atoms with Gasteiger partial charge in [-0.15, -0.1) is 0 Å². The fraction of sp³-hybridized carbons (Fsp3) is 0.105. The summed E-state index contributed by atoms with van der Waals surface area (Å²) < 4.78 is 0.989. The van der Waals surface area contributed by atoms with Crippen LogP contribution < -0.4 is 5.32 Å². The first-order valence-electron chi connectivity index (χ1n) is 7.99. The maximum Gasteiger partial charge on any atom is 0.152 e. The quantitative estimate of drug-likeness (QED) is 0.211. The first-order valence-corrected chi connectivity index (χ1v) is 10.0. The van der Waals surface area contributed by atoms with Crippen molar-refractivity contribution in [1.29, 1.82) is 0 Å². The standard InChI is InChI=1S/C19H16N4OS2/c1-11(23-24)12-6-5-7-13(10-12)20-16-14-8-3-4-9-15(14)21-18-17(16)22-19(25-2)26-18/h3-10,24H,1-2H3,(H,20,21)/b23-11-. The number of para-hydroxylation sites is 1. The van der Waals surface area contributed by atoms with E-state index >= 15 is 0 Å². The summed E-state index contributed by atoms with van der Waals surface area (Å²) in [5.74, 6) is 0. The fourth-order valence-corrected chi connectivity index (χ4v) is 4.23. The van der Waals surface area contributed by atoms with Crippen molar-refractivity contribution >= 4 is 61.4 Å². The molecule has 0 fully saturated rings. The highest BCUT2D eigenvalue weighted by molar-refractivity contribution is 8.00. The Morgan fingerprint density at radius 2 is 2.00 bits per heavy atom. The highest BCUT2D eigenvalue weighted by atomic mass is 32.2. The summed E-state index contributed by atoms with van der Waals surface area (Å²) in [7, 11) is 0. The van der Waals surface area contributed by atoms with Crippen molar-refractivity contribution in [2.24, 2.45) is 5.16 Å². The molecule has 4 rings (SSSR count). The van der Waals surface area contributed by atoms with Gasteiger partial charge in [-0.25, -0.2) is 9.97 Å². The van der Waals surface area contributed by atoms with E-state index in [1.54, 1.807) is 30.0 Å². The highest BCUT2D eigenvalue weighted by Crippen LogP contribution is 2.37. The molecule has 0 amide bonds. The average Bonchev–Trinajstić information content (AvgIpc) is 3.10. The van der Waals surface area contributed by atoms with Gasteiger partial charge < -0.3 is 10.5 Å². The van der Waals surface area contributed by atoms with Gasteiger partial charge in [0, 0.05) is 16.6 Å². The van der Waals surface area contributed by atoms with E-state index in [2.05, 4.69) is 10.5 Å². The second-order valence-electron chi connectivity index (χ2n) is 5.73. The lowest BCUT2D eigenvalue weighted by molar-refractivity contribution is 0.319. The minimum Gasteiger partial charge on any atom is -0.411 e. The van der Waals surface area contributed by atoms with Gasteiger partial charge in [-0.05, 0) is 31.4 Å². The van der Waals surface area contributed by atoms with Gasteiger partial charge in [0.05, 0.1) is 16.9 Å². The number of thiazole rings is 1. The lowest BCUT2D eigenvalue weighted by Crippen LogP contribution is -1.98. The van der Waals surface area contributed by atoms with Crippen molar-refractivity contribution in [2.75, 3.05) is 11.6 Å². The van der Waals surface area contributed by atoms with Gasteiger partial charge in [-0.2, -0.15) is 0 Å². The molecule has 0 bridgehead atoms. The van der Waals surface area contributed by atoms with Crippen LogP contribution in [0.5, 0.6) is 0 Å². The number of thioether (sulfide) groups is 1. The van der Waals surface area contributed by atoms with Gasteiger partial charge in [0.25, 0.3) is 0 Å². The van der Waals surface area contributed by atoms with Crippen LogP contribution in [0, 0.1) is 0 Å². The molecule has 0 aliphatic heterocycles. The number of benzene rings is 2. The Morgan fingerprint density at radius 1 is 1.15 bits per heavy atom. The summed E-state index contributed by atoms with van der Waals surface area (Å²) >= 11 is 3.22. The maximum absolute atomic E-state index is 9.03. The molecule has 0 aliphatic carbocycles. The number of hydrogen-bond acceptors (Lipinski definition) is 7. The molecule has 0 spiro atoms. The largest absolute Gasteiger partial charge is 0.411 e.